The molecule has 23 heteroatoms. The number of phenols is 2. The Bertz CT molecular complexity index is 3140. The molecule has 0 atom stereocenters. The zero-order valence-electron chi connectivity index (χ0n) is 29.2. The van der Waals surface area contributed by atoms with Gasteiger partial charge in [-0.2, -0.15) is 30.4 Å². The van der Waals surface area contributed by atoms with Crippen molar-refractivity contribution in [3.63, 3.8) is 0 Å². The van der Waals surface area contributed by atoms with Crippen molar-refractivity contribution in [2.75, 3.05) is 5.32 Å². The monoisotopic (exact) mass is 849 g/mol. The summed E-state index contributed by atoms with van der Waals surface area (Å²) >= 11 is 0. The summed E-state index contributed by atoms with van der Waals surface area (Å²) in [6.45, 7) is 1.55. The number of aromatic hydroxyl groups is 2. The smallest absolute Gasteiger partial charge is 0.296 e. The molecule has 0 aliphatic rings. The number of hydrogen-bond donors (Lipinski definition) is 9. The number of hydrogen-bond acceptors (Lipinski definition) is 14. The van der Waals surface area contributed by atoms with Crippen LogP contribution < -0.4 is 5.32 Å². The average Bonchev–Trinajstić information content (AvgIpc) is 3.13. The highest BCUT2D eigenvalue weighted by Gasteiger charge is 2.24. The van der Waals surface area contributed by atoms with Crippen molar-refractivity contribution in [3.8, 4) is 11.5 Å². The number of rotatable bonds is 10. The number of aliphatic imine (C=N–C) groups is 1. The molecule has 20 nitrogen and oxygen atoms in total. The van der Waals surface area contributed by atoms with Crippen LogP contribution in [-0.2, 0) is 30.4 Å². The third-order valence-corrected chi connectivity index (χ3v) is 10.8. The molecule has 0 amide bonds. The van der Waals surface area contributed by atoms with Crippen molar-refractivity contribution < 1.29 is 59.3 Å². The molecule has 0 unspecified atom stereocenters. The number of nitrogens with zero attached hydrogens (tertiary/aromatic N) is 5. The first-order chi connectivity index (χ1) is 27.1. The molecule has 58 heavy (non-hydrogen) atoms. The number of nitrogens with one attached hydrogen (secondary N) is 2. The van der Waals surface area contributed by atoms with Gasteiger partial charge in [-0.25, -0.2) is 4.99 Å². The van der Waals surface area contributed by atoms with Crippen molar-refractivity contribution in [1.82, 2.24) is 0 Å². The Labute approximate surface area is 327 Å². The molecule has 0 aliphatic carbocycles. The van der Waals surface area contributed by atoms with Crippen LogP contribution in [0, 0.1) is 12.3 Å². The summed E-state index contributed by atoms with van der Waals surface area (Å²) in [4.78, 5) is 1.77. The van der Waals surface area contributed by atoms with E-state index in [-0.39, 0.29) is 44.2 Å². The highest BCUT2D eigenvalue weighted by molar-refractivity contribution is 7.86. The summed E-state index contributed by atoms with van der Waals surface area (Å²) in [7, 11) is -14.8. The number of benzene rings is 6. The number of aryl methyl sites for hydroxylation is 1. The van der Waals surface area contributed by atoms with Gasteiger partial charge in [-0.1, -0.05) is 6.07 Å². The minimum atomic E-state index is -5.09. The van der Waals surface area contributed by atoms with Gasteiger partial charge in [-0.3, -0.25) is 19.1 Å². The molecule has 0 radical (unpaired) electrons. The molecule has 0 fully saturated rings. The van der Waals surface area contributed by atoms with Crippen molar-refractivity contribution in [2.24, 2.45) is 25.4 Å². The maximum absolute atomic E-state index is 12.4. The predicted octanol–water partition coefficient (Wildman–Crippen LogP) is 7.82. The zero-order valence-corrected chi connectivity index (χ0v) is 31.7. The third kappa shape index (κ3) is 8.73. The first-order valence-electron chi connectivity index (χ1n) is 16.0. The molecule has 0 saturated carbocycles. The Hall–Kier alpha value is -6.89. The number of anilines is 1. The maximum Gasteiger partial charge on any atom is 0.296 e. The van der Waals surface area contributed by atoms with E-state index in [1.807, 2.05) is 0 Å². The lowest BCUT2D eigenvalue weighted by Crippen LogP contribution is -2.08. The first-order valence-corrected chi connectivity index (χ1v) is 20.3. The van der Waals surface area contributed by atoms with E-state index in [9.17, 15) is 59.3 Å². The summed E-state index contributed by atoms with van der Waals surface area (Å²) in [5.74, 6) is -1.97. The lowest BCUT2D eigenvalue weighted by molar-refractivity contribution is 0.471. The lowest BCUT2D eigenvalue weighted by Gasteiger charge is -2.10. The van der Waals surface area contributed by atoms with Gasteiger partial charge in [0.05, 0.1) is 11.4 Å². The molecule has 0 aromatic heterocycles. The minimum absolute atomic E-state index is 0.00631. The van der Waals surface area contributed by atoms with E-state index in [0.717, 1.165) is 18.2 Å². The largest absolute Gasteiger partial charge is 0.505 e. The van der Waals surface area contributed by atoms with Crippen molar-refractivity contribution in [2.45, 2.75) is 21.6 Å². The molecule has 0 bridgehead atoms. The second-order valence-corrected chi connectivity index (χ2v) is 16.4. The van der Waals surface area contributed by atoms with Crippen LogP contribution in [0.4, 0.5) is 34.1 Å². The topological polar surface area (TPSA) is 342 Å². The van der Waals surface area contributed by atoms with Gasteiger partial charge in [0.25, 0.3) is 36.4 Å². The number of aliphatic hydroxyl groups excluding tert-OH is 2. The number of fused-ring (bicyclic) bond motifs is 2. The molecular formula is C35H27N7O13S3. The molecular weight excluding hydrogens is 823 g/mol. The van der Waals surface area contributed by atoms with Gasteiger partial charge in [0.15, 0.2) is 11.5 Å². The third-order valence-electron chi connectivity index (χ3n) is 8.18. The van der Waals surface area contributed by atoms with E-state index in [4.69, 9.17) is 5.41 Å². The molecule has 0 aliphatic heterocycles. The van der Waals surface area contributed by atoms with Crippen molar-refractivity contribution in [1.29, 1.82) is 5.41 Å². The summed E-state index contributed by atoms with van der Waals surface area (Å²) in [5.41, 5.74) is -0.826. The summed E-state index contributed by atoms with van der Waals surface area (Å²) < 4.78 is 102. The Kier molecular flexibility index (Phi) is 10.7. The fourth-order valence-corrected chi connectivity index (χ4v) is 7.57. The number of aliphatic hydroxyl groups is 2. The van der Waals surface area contributed by atoms with Gasteiger partial charge in [-0.05, 0) is 108 Å². The quantitative estimate of drug-likeness (QED) is 0.0274. The van der Waals surface area contributed by atoms with E-state index in [2.05, 4.69) is 30.8 Å². The molecule has 6 aromatic rings. The van der Waals surface area contributed by atoms with Crippen LogP contribution >= 0.6 is 0 Å². The average molecular weight is 850 g/mol. The fraction of sp³-hybridized carbons (Fsp3) is 0.0286. The van der Waals surface area contributed by atoms with Gasteiger partial charge < -0.3 is 25.7 Å². The molecule has 0 heterocycles. The predicted molar refractivity (Wildman–Crippen MR) is 209 cm³/mol. The van der Waals surface area contributed by atoms with E-state index < -0.39 is 85.5 Å². The second-order valence-electron chi connectivity index (χ2n) is 12.2. The molecule has 298 valence electrons. The number of amidine groups is 1. The van der Waals surface area contributed by atoms with Crippen molar-refractivity contribution in [3.05, 3.63) is 102 Å². The fourth-order valence-electron chi connectivity index (χ4n) is 5.55. The zero-order chi connectivity index (χ0) is 42.3. The van der Waals surface area contributed by atoms with Crippen LogP contribution in [0.5, 0.6) is 11.5 Å². The highest BCUT2D eigenvalue weighted by Crippen LogP contribution is 2.44. The van der Waals surface area contributed by atoms with Crippen LogP contribution in [0.2, 0.25) is 0 Å². The highest BCUT2D eigenvalue weighted by atomic mass is 32.2. The maximum atomic E-state index is 12.4. The van der Waals surface area contributed by atoms with Crippen LogP contribution in [0.1, 0.15) is 11.1 Å². The van der Waals surface area contributed by atoms with Gasteiger partial charge in [0.1, 0.15) is 31.7 Å². The van der Waals surface area contributed by atoms with Gasteiger partial charge >= 0.3 is 0 Å². The van der Waals surface area contributed by atoms with E-state index in [1.54, 1.807) is 6.92 Å². The Morgan fingerprint density at radius 2 is 1.10 bits per heavy atom. The second kappa shape index (κ2) is 15.2. The van der Waals surface area contributed by atoms with Gasteiger partial charge in [-0.15, -0.1) is 15.3 Å². The summed E-state index contributed by atoms with van der Waals surface area (Å²) in [5, 5.41) is 66.7. The minimum Gasteiger partial charge on any atom is -0.505 e. The van der Waals surface area contributed by atoms with Crippen LogP contribution in [-0.4, -0.2) is 71.3 Å². The molecule has 0 spiro atoms. The molecule has 6 aromatic carbocycles. The lowest BCUT2D eigenvalue weighted by atomic mass is 10.1. The standard InChI is InChI=1S/C35H27N7O13S3/c1-17-2-11-26(27(12-17)56(47,48)49)40-42-31-29(58(53,54)55)15-19-13-22(7-9-24(19)33(31)44)37-34(45)18-3-5-21(6-4-18)39-41-30-28(57(50,51)52)16-20-14-23(38-35(36)46)8-10-25(20)32(30)43/h2-16,43-44H,1H3,(H,37,45)(H3,36,38,46)(H,47,48,49)(H,50,51,52)(H,53,54,55). The Morgan fingerprint density at radius 3 is 1.66 bits per heavy atom. The van der Waals surface area contributed by atoms with E-state index >= 15 is 0 Å². The molecule has 6 rings (SSSR count). The number of azo groups is 2. The van der Waals surface area contributed by atoms with Gasteiger partial charge in [0, 0.05) is 22.0 Å². The normalized spacial score (nSPS) is 12.9. The molecule has 9 N–H and O–H groups in total. The van der Waals surface area contributed by atoms with Crippen LogP contribution in [0.3, 0.4) is 0 Å². The summed E-state index contributed by atoms with van der Waals surface area (Å²) in [6.07, 6.45) is 0. The Balaban J connectivity index is 1.30. The first kappa shape index (κ1) is 40.8. The van der Waals surface area contributed by atoms with E-state index in [1.165, 1.54) is 72.8 Å². The van der Waals surface area contributed by atoms with Crippen LogP contribution in [0.15, 0.2) is 131 Å². The Morgan fingerprint density at radius 1 is 0.586 bits per heavy atom. The van der Waals surface area contributed by atoms with Crippen molar-refractivity contribution >= 4 is 97.9 Å². The molecule has 0 saturated heterocycles. The van der Waals surface area contributed by atoms with Crippen LogP contribution in [0.25, 0.3) is 21.5 Å². The SMILES string of the molecule is Cc1ccc(N=Nc2c(S(=O)(=O)O)cc3cc(N=C(O)c4ccc(N=Nc5c(S(=O)(=O)O)cc6cc(NC(=N)O)ccc6c5O)cc4)ccc3c2O)c(S(=O)(=O)O)c1. The summed E-state index contributed by atoms with van der Waals surface area (Å²) in [6, 6.07) is 18.1. The number of phenolic OH excluding ortho intramolecular Hbond substituents is 2. The van der Waals surface area contributed by atoms with Gasteiger partial charge in [0.2, 0.25) is 5.90 Å². The van der Waals surface area contributed by atoms with E-state index in [0.29, 0.717) is 5.56 Å².